The van der Waals surface area contributed by atoms with E-state index in [-0.39, 0.29) is 12.4 Å². The fourth-order valence-corrected chi connectivity index (χ4v) is 1.06. The van der Waals surface area contributed by atoms with Crippen LogP contribution in [0.4, 0.5) is 0 Å². The van der Waals surface area contributed by atoms with Gasteiger partial charge in [-0.25, -0.2) is 0 Å². The van der Waals surface area contributed by atoms with E-state index >= 15 is 0 Å². The minimum atomic E-state index is 0. The topological polar surface area (TPSA) is 35.2 Å². The van der Waals surface area contributed by atoms with Crippen LogP contribution in [0.1, 0.15) is 12.8 Å². The van der Waals surface area contributed by atoms with E-state index in [0.717, 1.165) is 12.5 Å². The zero-order chi connectivity index (χ0) is 5.98. The number of hydrogen-bond acceptors (Lipinski definition) is 2. The molecule has 0 aromatic carbocycles. The molecule has 2 nitrogen and oxygen atoms in total. The van der Waals surface area contributed by atoms with E-state index in [2.05, 4.69) is 0 Å². The molecule has 0 atom stereocenters. The van der Waals surface area contributed by atoms with Crippen molar-refractivity contribution in [3.63, 3.8) is 0 Å². The Balaban J connectivity index is 0.000000640. The average molecular weight is 152 g/mol. The molecular weight excluding hydrogens is 138 g/mol. The molecule has 0 amide bonds. The van der Waals surface area contributed by atoms with E-state index < -0.39 is 0 Å². The van der Waals surface area contributed by atoms with Gasteiger partial charge in [0.1, 0.15) is 0 Å². The Labute approximate surface area is 62.2 Å². The van der Waals surface area contributed by atoms with Gasteiger partial charge in [0.05, 0.1) is 6.10 Å². The van der Waals surface area contributed by atoms with Crippen LogP contribution >= 0.6 is 12.4 Å². The van der Waals surface area contributed by atoms with Gasteiger partial charge in [0.25, 0.3) is 0 Å². The summed E-state index contributed by atoms with van der Waals surface area (Å²) in [5.41, 5.74) is 5.40. The monoisotopic (exact) mass is 151 g/mol. The van der Waals surface area contributed by atoms with Crippen LogP contribution in [0.2, 0.25) is 0 Å². The summed E-state index contributed by atoms with van der Waals surface area (Å²) in [6, 6.07) is 0. The summed E-state index contributed by atoms with van der Waals surface area (Å²) < 4.78 is 5.06. The molecule has 0 unspecified atom stereocenters. The Morgan fingerprint density at radius 2 is 2.11 bits per heavy atom. The van der Waals surface area contributed by atoms with Gasteiger partial charge in [-0.05, 0) is 25.3 Å². The van der Waals surface area contributed by atoms with Gasteiger partial charge in [-0.15, -0.1) is 12.4 Å². The van der Waals surface area contributed by atoms with Crippen molar-refractivity contribution in [3.8, 4) is 0 Å². The lowest BCUT2D eigenvalue weighted by molar-refractivity contribution is 0.00431. The summed E-state index contributed by atoms with van der Waals surface area (Å²) in [7, 11) is 1.76. The molecule has 0 bridgehead atoms. The van der Waals surface area contributed by atoms with Gasteiger partial charge in [0.15, 0.2) is 0 Å². The van der Waals surface area contributed by atoms with Crippen LogP contribution in [0.3, 0.4) is 0 Å². The van der Waals surface area contributed by atoms with Crippen LogP contribution in [0.5, 0.6) is 0 Å². The van der Waals surface area contributed by atoms with Crippen molar-refractivity contribution in [1.82, 2.24) is 0 Å². The summed E-state index contributed by atoms with van der Waals surface area (Å²) >= 11 is 0. The third-order valence-corrected chi connectivity index (χ3v) is 1.86. The molecule has 0 aliphatic heterocycles. The minimum Gasteiger partial charge on any atom is -0.381 e. The Bertz CT molecular complexity index is 65.5. The van der Waals surface area contributed by atoms with Crippen molar-refractivity contribution in [2.75, 3.05) is 13.7 Å². The van der Waals surface area contributed by atoms with Crippen LogP contribution in [0.15, 0.2) is 0 Å². The van der Waals surface area contributed by atoms with Crippen molar-refractivity contribution in [2.24, 2.45) is 11.7 Å². The lowest BCUT2D eigenvalue weighted by atomic mass is 9.82. The maximum Gasteiger partial charge on any atom is 0.0577 e. The molecule has 9 heavy (non-hydrogen) atoms. The molecule has 56 valence electrons. The van der Waals surface area contributed by atoms with Gasteiger partial charge >= 0.3 is 0 Å². The molecule has 0 saturated heterocycles. The molecule has 1 rings (SSSR count). The van der Waals surface area contributed by atoms with E-state index in [1.54, 1.807) is 7.11 Å². The number of halogens is 1. The van der Waals surface area contributed by atoms with Gasteiger partial charge in [-0.3, -0.25) is 0 Å². The van der Waals surface area contributed by atoms with Gasteiger partial charge in [-0.1, -0.05) is 0 Å². The fraction of sp³-hybridized carbons (Fsp3) is 1.00. The average Bonchev–Trinajstić information content (AvgIpc) is 1.65. The second-order valence-corrected chi connectivity index (χ2v) is 2.43. The first-order valence-electron chi connectivity index (χ1n) is 3.09. The molecule has 0 aromatic heterocycles. The second kappa shape index (κ2) is 4.09. The molecule has 1 saturated carbocycles. The molecular formula is C6H14ClNO. The predicted molar refractivity (Wildman–Crippen MR) is 39.8 cm³/mol. The van der Waals surface area contributed by atoms with E-state index in [4.69, 9.17) is 10.5 Å². The van der Waals surface area contributed by atoms with Crippen molar-refractivity contribution in [1.29, 1.82) is 0 Å². The van der Waals surface area contributed by atoms with Gasteiger partial charge in [0.2, 0.25) is 0 Å². The maximum absolute atomic E-state index is 5.40. The lowest BCUT2D eigenvalue weighted by Gasteiger charge is -2.32. The highest BCUT2D eigenvalue weighted by Gasteiger charge is 2.26. The number of nitrogens with two attached hydrogens (primary N) is 1. The Morgan fingerprint density at radius 3 is 2.44 bits per heavy atom. The van der Waals surface area contributed by atoms with E-state index in [1.807, 2.05) is 0 Å². The molecule has 1 aliphatic carbocycles. The van der Waals surface area contributed by atoms with Gasteiger partial charge < -0.3 is 10.5 Å². The lowest BCUT2D eigenvalue weighted by Crippen LogP contribution is -2.34. The van der Waals surface area contributed by atoms with Crippen molar-refractivity contribution >= 4 is 12.4 Å². The van der Waals surface area contributed by atoms with Crippen LogP contribution in [-0.2, 0) is 4.74 Å². The molecule has 0 heterocycles. The van der Waals surface area contributed by atoms with Crippen LogP contribution in [-0.4, -0.2) is 19.8 Å². The fourth-order valence-electron chi connectivity index (χ4n) is 1.06. The van der Waals surface area contributed by atoms with Crippen molar-refractivity contribution < 1.29 is 4.74 Å². The first-order valence-corrected chi connectivity index (χ1v) is 3.09. The minimum absolute atomic E-state index is 0. The van der Waals surface area contributed by atoms with Crippen LogP contribution in [0.25, 0.3) is 0 Å². The summed E-state index contributed by atoms with van der Waals surface area (Å²) in [5, 5.41) is 0. The summed E-state index contributed by atoms with van der Waals surface area (Å²) in [4.78, 5) is 0. The second-order valence-electron chi connectivity index (χ2n) is 2.43. The summed E-state index contributed by atoms with van der Waals surface area (Å²) in [6.07, 6.45) is 2.86. The third-order valence-electron chi connectivity index (χ3n) is 1.86. The number of rotatable bonds is 2. The zero-order valence-electron chi connectivity index (χ0n) is 5.67. The van der Waals surface area contributed by atoms with E-state index in [9.17, 15) is 0 Å². The SMILES string of the molecule is CO[C@H]1C[C@H](CN)C1.Cl. The van der Waals surface area contributed by atoms with Crippen molar-refractivity contribution in [3.05, 3.63) is 0 Å². The summed E-state index contributed by atoms with van der Waals surface area (Å²) in [5.74, 6) is 0.750. The molecule has 0 spiro atoms. The number of methoxy groups -OCH3 is 1. The molecule has 3 heteroatoms. The maximum atomic E-state index is 5.40. The summed E-state index contributed by atoms with van der Waals surface area (Å²) in [6.45, 7) is 0.833. The molecule has 1 fully saturated rings. The number of ether oxygens (including phenoxy) is 1. The van der Waals surface area contributed by atoms with Gasteiger partial charge in [-0.2, -0.15) is 0 Å². The molecule has 0 aromatic rings. The smallest absolute Gasteiger partial charge is 0.0577 e. The van der Waals surface area contributed by atoms with E-state index in [0.29, 0.717) is 6.10 Å². The largest absolute Gasteiger partial charge is 0.381 e. The van der Waals surface area contributed by atoms with Gasteiger partial charge in [0, 0.05) is 7.11 Å². The normalized spacial score (nSPS) is 32.7. The third kappa shape index (κ3) is 2.12. The number of hydrogen-bond donors (Lipinski definition) is 1. The van der Waals surface area contributed by atoms with Crippen molar-refractivity contribution in [2.45, 2.75) is 18.9 Å². The Morgan fingerprint density at radius 1 is 1.56 bits per heavy atom. The predicted octanol–water partition coefficient (Wildman–Crippen LogP) is 0.792. The van der Waals surface area contributed by atoms with Crippen LogP contribution < -0.4 is 5.73 Å². The molecule has 0 radical (unpaired) electrons. The highest BCUT2D eigenvalue weighted by atomic mass is 35.5. The zero-order valence-corrected chi connectivity index (χ0v) is 6.49. The standard InChI is InChI=1S/C6H13NO.ClH/c1-8-6-2-5(3-6)4-7;/h5-6H,2-4,7H2,1H3;1H/t5-,6-;. The Kier molecular flexibility index (Phi) is 4.19. The van der Waals surface area contributed by atoms with Crippen LogP contribution in [0, 0.1) is 5.92 Å². The molecule has 2 N–H and O–H groups in total. The first-order chi connectivity index (χ1) is 3.86. The highest BCUT2D eigenvalue weighted by Crippen LogP contribution is 2.27. The quantitative estimate of drug-likeness (QED) is 0.634. The highest BCUT2D eigenvalue weighted by molar-refractivity contribution is 5.85. The molecule has 1 aliphatic rings. The van der Waals surface area contributed by atoms with E-state index in [1.165, 1.54) is 12.8 Å². The first kappa shape index (κ1) is 9.21. The Hall–Kier alpha value is 0.210.